The van der Waals surface area contributed by atoms with Crippen molar-refractivity contribution in [2.24, 2.45) is 0 Å². The van der Waals surface area contributed by atoms with Gasteiger partial charge in [0.1, 0.15) is 0 Å². The normalized spacial score (nSPS) is 25.3. The summed E-state index contributed by atoms with van der Waals surface area (Å²) in [5.74, 6) is -4.10. The van der Waals surface area contributed by atoms with Crippen molar-refractivity contribution in [2.45, 2.75) is 81.4 Å². The summed E-state index contributed by atoms with van der Waals surface area (Å²) < 4.78 is 40.9. The largest absolute Gasteiger partial charge is 0.414 e. The summed E-state index contributed by atoms with van der Waals surface area (Å²) in [6, 6.07) is -3.22. The van der Waals surface area contributed by atoms with Gasteiger partial charge in [0.25, 0.3) is 0 Å². The van der Waals surface area contributed by atoms with Crippen LogP contribution in [0.3, 0.4) is 0 Å². The van der Waals surface area contributed by atoms with Gasteiger partial charge in [-0.1, -0.05) is 50.3 Å². The summed E-state index contributed by atoms with van der Waals surface area (Å²) in [7, 11) is 0. The zero-order chi connectivity index (χ0) is 13.2. The third-order valence-electron chi connectivity index (χ3n) is 4.63. The monoisotopic (exact) mass is 298 g/mol. The predicted octanol–water partition coefficient (Wildman–Crippen LogP) is 5.65. The molecule has 0 unspecified atom stereocenters. The van der Waals surface area contributed by atoms with Crippen molar-refractivity contribution >= 4 is 17.8 Å². The van der Waals surface area contributed by atoms with Gasteiger partial charge in [-0.15, -0.1) is 0 Å². The lowest BCUT2D eigenvalue weighted by Gasteiger charge is -2.42. The van der Waals surface area contributed by atoms with E-state index in [4.69, 9.17) is 11.8 Å². The van der Waals surface area contributed by atoms with Crippen LogP contribution in [-0.2, 0) is 11.8 Å². The topological polar surface area (TPSA) is 0 Å². The molecule has 5 heteroatoms. The molecule has 0 amide bonds. The molecule has 2 aliphatic carbocycles. The zero-order valence-corrected chi connectivity index (χ0v) is 12.4. The van der Waals surface area contributed by atoms with E-state index in [0.717, 1.165) is 64.2 Å². The third kappa shape index (κ3) is 2.80. The van der Waals surface area contributed by atoms with Crippen molar-refractivity contribution in [3.8, 4) is 0 Å². The van der Waals surface area contributed by atoms with Crippen molar-refractivity contribution in [3.05, 3.63) is 0 Å². The maximum Gasteiger partial charge on any atom is 0.414 e. The summed E-state index contributed by atoms with van der Waals surface area (Å²) in [4.78, 5) is 0. The molecule has 0 N–H and O–H groups in total. The highest BCUT2D eigenvalue weighted by molar-refractivity contribution is 8.15. The highest BCUT2D eigenvalue weighted by Gasteiger charge is 2.54. The van der Waals surface area contributed by atoms with Crippen molar-refractivity contribution in [2.75, 3.05) is 0 Å². The molecular formula is C13H22F3PS. The quantitative estimate of drug-likeness (QED) is 0.593. The first-order valence-electron chi connectivity index (χ1n) is 7.12. The highest BCUT2D eigenvalue weighted by Crippen LogP contribution is 2.72. The van der Waals surface area contributed by atoms with E-state index < -0.39 is 12.0 Å². The first-order valence-corrected chi connectivity index (χ1v) is 10.1. The molecule has 0 spiro atoms. The smallest absolute Gasteiger partial charge is 0.166 e. The van der Waals surface area contributed by atoms with Crippen LogP contribution in [0.2, 0.25) is 0 Å². The van der Waals surface area contributed by atoms with Crippen LogP contribution in [0.15, 0.2) is 0 Å². The molecule has 0 atom stereocenters. The average molecular weight is 298 g/mol. The van der Waals surface area contributed by atoms with Crippen molar-refractivity contribution in [1.82, 2.24) is 0 Å². The summed E-state index contributed by atoms with van der Waals surface area (Å²) in [6.07, 6.45) is 8.90. The Morgan fingerprint density at radius 3 is 1.33 bits per heavy atom. The minimum absolute atomic E-state index is 0.204. The Balaban J connectivity index is 2.24. The summed E-state index contributed by atoms with van der Waals surface area (Å²) >= 11 is 5.37. The molecule has 0 saturated heterocycles. The zero-order valence-electron chi connectivity index (χ0n) is 10.7. The molecule has 18 heavy (non-hydrogen) atoms. The Kier molecular flexibility index (Phi) is 4.80. The maximum atomic E-state index is 13.6. The molecule has 0 aromatic heterocycles. The molecule has 0 aromatic rings. The second-order valence-electron chi connectivity index (χ2n) is 5.76. The third-order valence-corrected chi connectivity index (χ3v) is 11.0. The van der Waals surface area contributed by atoms with Crippen molar-refractivity contribution < 1.29 is 13.2 Å². The highest BCUT2D eigenvalue weighted by atomic mass is 32.4. The van der Waals surface area contributed by atoms with Gasteiger partial charge in [0.05, 0.1) is 6.04 Å². The fraction of sp³-hybridized carbons (Fsp3) is 1.00. The Morgan fingerprint density at radius 1 is 0.722 bits per heavy atom. The molecule has 0 radical (unpaired) electrons. The number of rotatable bonds is 2. The van der Waals surface area contributed by atoms with Gasteiger partial charge < -0.3 is 0 Å². The minimum atomic E-state index is -4.10. The van der Waals surface area contributed by atoms with Gasteiger partial charge in [-0.2, -0.15) is 13.2 Å². The summed E-state index contributed by atoms with van der Waals surface area (Å²) in [5.41, 5.74) is -0.409. The van der Waals surface area contributed by atoms with Crippen LogP contribution in [-0.4, -0.2) is 17.2 Å². The SMILES string of the molecule is FC(F)(F)P(=S)(C1CCCCC1)C1CCCCC1. The number of hydrogen-bond donors (Lipinski definition) is 0. The van der Waals surface area contributed by atoms with E-state index in [2.05, 4.69) is 0 Å². The second-order valence-corrected chi connectivity index (χ2v) is 11.0. The van der Waals surface area contributed by atoms with E-state index in [9.17, 15) is 13.2 Å². The van der Waals surface area contributed by atoms with E-state index >= 15 is 0 Å². The molecule has 2 rings (SSSR count). The first kappa shape index (κ1) is 14.8. The van der Waals surface area contributed by atoms with Crippen molar-refractivity contribution in [3.63, 3.8) is 0 Å². The number of alkyl halides is 3. The van der Waals surface area contributed by atoms with Crippen LogP contribution in [0.1, 0.15) is 64.2 Å². The molecule has 0 nitrogen and oxygen atoms in total. The van der Waals surface area contributed by atoms with E-state index in [0.29, 0.717) is 0 Å². The van der Waals surface area contributed by atoms with Gasteiger partial charge in [-0.3, -0.25) is 0 Å². The lowest BCUT2D eigenvalue weighted by molar-refractivity contribution is -0.0432. The van der Waals surface area contributed by atoms with Gasteiger partial charge in [0.2, 0.25) is 0 Å². The molecule has 2 fully saturated rings. The average Bonchev–Trinajstić information content (AvgIpc) is 2.38. The van der Waals surface area contributed by atoms with Gasteiger partial charge in [-0.25, -0.2) is 0 Å². The lowest BCUT2D eigenvalue weighted by atomic mass is 9.99. The Labute approximate surface area is 113 Å². The molecule has 2 saturated carbocycles. The predicted molar refractivity (Wildman–Crippen MR) is 74.1 cm³/mol. The van der Waals surface area contributed by atoms with Crippen LogP contribution in [0.25, 0.3) is 0 Å². The van der Waals surface area contributed by atoms with Crippen LogP contribution < -0.4 is 0 Å². The van der Waals surface area contributed by atoms with E-state index in [1.165, 1.54) is 0 Å². The summed E-state index contributed by atoms with van der Waals surface area (Å²) in [5, 5.41) is 0. The fourth-order valence-corrected chi connectivity index (χ4v) is 8.60. The van der Waals surface area contributed by atoms with E-state index in [-0.39, 0.29) is 11.3 Å². The first-order chi connectivity index (χ1) is 8.46. The molecular weight excluding hydrogens is 276 g/mol. The molecule has 0 heterocycles. The van der Waals surface area contributed by atoms with E-state index in [1.54, 1.807) is 0 Å². The minimum Gasteiger partial charge on any atom is -0.166 e. The Bertz CT molecular complexity index is 293. The van der Waals surface area contributed by atoms with Crippen LogP contribution in [0.5, 0.6) is 0 Å². The molecule has 0 aliphatic heterocycles. The van der Waals surface area contributed by atoms with Crippen LogP contribution in [0.4, 0.5) is 13.2 Å². The maximum absolute atomic E-state index is 13.6. The van der Waals surface area contributed by atoms with Gasteiger partial charge in [-0.05, 0) is 37.0 Å². The lowest BCUT2D eigenvalue weighted by Crippen LogP contribution is -2.31. The Morgan fingerprint density at radius 2 is 1.06 bits per heavy atom. The fourth-order valence-electron chi connectivity index (χ4n) is 3.64. The van der Waals surface area contributed by atoms with E-state index in [1.807, 2.05) is 0 Å². The molecule has 0 bridgehead atoms. The second kappa shape index (κ2) is 5.83. The van der Waals surface area contributed by atoms with Crippen LogP contribution >= 0.6 is 6.04 Å². The Hall–Kier alpha value is 0.440. The van der Waals surface area contributed by atoms with Gasteiger partial charge in [0, 0.05) is 0 Å². The molecule has 0 aromatic carbocycles. The number of hydrogen-bond acceptors (Lipinski definition) is 1. The van der Waals surface area contributed by atoms with Crippen LogP contribution in [0, 0.1) is 0 Å². The summed E-state index contributed by atoms with van der Waals surface area (Å²) in [6.45, 7) is 0. The number of halogens is 3. The van der Waals surface area contributed by atoms with Gasteiger partial charge in [0.15, 0.2) is 0 Å². The molecule has 2 aliphatic rings. The van der Waals surface area contributed by atoms with Crippen molar-refractivity contribution in [1.29, 1.82) is 0 Å². The molecule has 106 valence electrons. The van der Waals surface area contributed by atoms with Gasteiger partial charge >= 0.3 is 5.92 Å². The standard InChI is InChI=1S/C13H22F3PS/c14-13(15,16)17(18,11-7-3-1-4-8-11)12-9-5-2-6-10-12/h11-12H,1-10H2.